The molecule has 0 saturated heterocycles. The van der Waals surface area contributed by atoms with Crippen molar-refractivity contribution in [1.29, 1.82) is 0 Å². The van der Waals surface area contributed by atoms with Crippen LogP contribution in [-0.4, -0.2) is 19.7 Å². The molecule has 0 spiro atoms. The zero-order valence-electron chi connectivity index (χ0n) is 13.7. The maximum atomic E-state index is 12.4. The number of ether oxygens (including phenoxy) is 2. The summed E-state index contributed by atoms with van der Waals surface area (Å²) in [6.45, 7) is 1.65. The largest absolute Gasteiger partial charge is 0.482 e. The molecule has 2 aromatic carbocycles. The van der Waals surface area contributed by atoms with Gasteiger partial charge in [0.25, 0.3) is 0 Å². The van der Waals surface area contributed by atoms with Gasteiger partial charge in [0.15, 0.2) is 6.61 Å². The van der Waals surface area contributed by atoms with Crippen molar-refractivity contribution in [3.8, 4) is 16.9 Å². The van der Waals surface area contributed by atoms with Crippen LogP contribution in [0.3, 0.4) is 0 Å². The van der Waals surface area contributed by atoms with Crippen LogP contribution >= 0.6 is 11.6 Å². The molecule has 3 rings (SSSR count). The standard InChI is InChI=1S/C19H15ClO5/c1-11-15-9-14(24-10-17(21)23-2)7-8-16(15)25-19(22)18(11)12-3-5-13(20)6-4-12/h3-9H,10H2,1-2H3. The van der Waals surface area contributed by atoms with Gasteiger partial charge in [0.2, 0.25) is 0 Å². The first kappa shape index (κ1) is 17.0. The van der Waals surface area contributed by atoms with Gasteiger partial charge in [-0.2, -0.15) is 0 Å². The van der Waals surface area contributed by atoms with E-state index in [0.717, 1.165) is 16.5 Å². The van der Waals surface area contributed by atoms with Crippen LogP contribution in [0.15, 0.2) is 51.7 Å². The third kappa shape index (κ3) is 3.51. The van der Waals surface area contributed by atoms with Gasteiger partial charge >= 0.3 is 11.6 Å². The summed E-state index contributed by atoms with van der Waals surface area (Å²) in [5, 5.41) is 1.32. The van der Waals surface area contributed by atoms with E-state index in [1.54, 1.807) is 42.5 Å². The van der Waals surface area contributed by atoms with Crippen LogP contribution in [0, 0.1) is 6.92 Å². The van der Waals surface area contributed by atoms with Gasteiger partial charge in [-0.25, -0.2) is 9.59 Å². The maximum Gasteiger partial charge on any atom is 0.344 e. The van der Waals surface area contributed by atoms with Gasteiger partial charge in [-0.1, -0.05) is 23.7 Å². The molecular weight excluding hydrogens is 344 g/mol. The van der Waals surface area contributed by atoms with Gasteiger partial charge in [0.1, 0.15) is 11.3 Å². The molecule has 1 heterocycles. The number of benzene rings is 2. The summed E-state index contributed by atoms with van der Waals surface area (Å²) in [6.07, 6.45) is 0. The molecule has 0 radical (unpaired) electrons. The van der Waals surface area contributed by atoms with Gasteiger partial charge in [-0.15, -0.1) is 0 Å². The lowest BCUT2D eigenvalue weighted by atomic mass is 9.99. The first-order valence-electron chi connectivity index (χ1n) is 7.52. The molecule has 0 amide bonds. The fourth-order valence-electron chi connectivity index (χ4n) is 2.57. The second-order valence-corrected chi connectivity index (χ2v) is 5.86. The van der Waals surface area contributed by atoms with E-state index in [1.165, 1.54) is 7.11 Å². The predicted molar refractivity (Wildman–Crippen MR) is 95.2 cm³/mol. The van der Waals surface area contributed by atoms with E-state index in [4.69, 9.17) is 20.8 Å². The number of carbonyl (C=O) groups excluding carboxylic acids is 1. The number of rotatable bonds is 4. The highest BCUT2D eigenvalue weighted by Crippen LogP contribution is 2.29. The Kier molecular flexibility index (Phi) is 4.76. The average Bonchev–Trinajstić information content (AvgIpc) is 2.61. The summed E-state index contributed by atoms with van der Waals surface area (Å²) in [5.41, 5.74) is 1.98. The van der Waals surface area contributed by atoms with Crippen LogP contribution in [0.4, 0.5) is 0 Å². The number of hydrogen-bond donors (Lipinski definition) is 0. The molecule has 0 N–H and O–H groups in total. The van der Waals surface area contributed by atoms with Crippen molar-refractivity contribution >= 4 is 28.5 Å². The Bertz CT molecular complexity index is 989. The van der Waals surface area contributed by atoms with E-state index in [9.17, 15) is 9.59 Å². The summed E-state index contributed by atoms with van der Waals surface area (Å²) in [6, 6.07) is 12.0. The fraction of sp³-hybridized carbons (Fsp3) is 0.158. The highest BCUT2D eigenvalue weighted by atomic mass is 35.5. The number of aryl methyl sites for hydroxylation is 1. The minimum Gasteiger partial charge on any atom is -0.482 e. The monoisotopic (exact) mass is 358 g/mol. The van der Waals surface area contributed by atoms with Crippen molar-refractivity contribution in [3.05, 3.63) is 63.5 Å². The van der Waals surface area contributed by atoms with Crippen molar-refractivity contribution in [2.75, 3.05) is 13.7 Å². The molecule has 0 aliphatic rings. The Morgan fingerprint density at radius 2 is 1.88 bits per heavy atom. The van der Waals surface area contributed by atoms with Gasteiger partial charge in [-0.05, 0) is 48.4 Å². The van der Waals surface area contributed by atoms with Crippen molar-refractivity contribution in [1.82, 2.24) is 0 Å². The van der Waals surface area contributed by atoms with E-state index in [1.807, 2.05) is 6.92 Å². The van der Waals surface area contributed by atoms with E-state index in [-0.39, 0.29) is 6.61 Å². The maximum absolute atomic E-state index is 12.4. The number of hydrogen-bond acceptors (Lipinski definition) is 5. The molecule has 1 aromatic heterocycles. The molecule has 0 bridgehead atoms. The Labute approximate surface area is 148 Å². The highest BCUT2D eigenvalue weighted by molar-refractivity contribution is 6.30. The molecular formula is C19H15ClO5. The van der Waals surface area contributed by atoms with E-state index in [0.29, 0.717) is 21.9 Å². The van der Waals surface area contributed by atoms with Gasteiger partial charge in [0, 0.05) is 10.4 Å². The minimum atomic E-state index is -0.474. The van der Waals surface area contributed by atoms with Crippen LogP contribution in [0.2, 0.25) is 5.02 Å². The Balaban J connectivity index is 2.08. The van der Waals surface area contributed by atoms with Crippen LogP contribution in [-0.2, 0) is 9.53 Å². The molecule has 25 heavy (non-hydrogen) atoms. The van der Waals surface area contributed by atoms with Crippen molar-refractivity contribution < 1.29 is 18.7 Å². The first-order chi connectivity index (χ1) is 12.0. The molecule has 0 atom stereocenters. The van der Waals surface area contributed by atoms with Crippen molar-refractivity contribution in [3.63, 3.8) is 0 Å². The zero-order valence-corrected chi connectivity index (χ0v) is 14.4. The predicted octanol–water partition coefficient (Wildman–Crippen LogP) is 3.97. The van der Waals surface area contributed by atoms with Crippen LogP contribution in [0.25, 0.3) is 22.1 Å². The second-order valence-electron chi connectivity index (χ2n) is 5.42. The summed E-state index contributed by atoms with van der Waals surface area (Å²) in [5.74, 6) is 0.00942. The van der Waals surface area contributed by atoms with Gasteiger partial charge < -0.3 is 13.9 Å². The van der Waals surface area contributed by atoms with Crippen LogP contribution in [0.1, 0.15) is 5.56 Å². The Hall–Kier alpha value is -2.79. The van der Waals surface area contributed by atoms with Crippen LogP contribution in [0.5, 0.6) is 5.75 Å². The second kappa shape index (κ2) is 6.99. The molecule has 3 aromatic rings. The number of carbonyl (C=O) groups is 1. The number of methoxy groups -OCH3 is 1. The lowest BCUT2D eigenvalue weighted by Crippen LogP contribution is -2.12. The molecule has 128 valence electrons. The van der Waals surface area contributed by atoms with Crippen molar-refractivity contribution in [2.24, 2.45) is 0 Å². The molecule has 0 aliphatic carbocycles. The lowest BCUT2D eigenvalue weighted by Gasteiger charge is -2.10. The minimum absolute atomic E-state index is 0.193. The SMILES string of the molecule is COC(=O)COc1ccc2oc(=O)c(-c3ccc(Cl)cc3)c(C)c2c1. The quantitative estimate of drug-likeness (QED) is 0.521. The normalized spacial score (nSPS) is 10.7. The highest BCUT2D eigenvalue weighted by Gasteiger charge is 2.14. The number of esters is 1. The summed E-state index contributed by atoms with van der Waals surface area (Å²) >= 11 is 5.91. The van der Waals surface area contributed by atoms with E-state index >= 15 is 0 Å². The molecule has 6 heteroatoms. The van der Waals surface area contributed by atoms with Gasteiger partial charge in [0.05, 0.1) is 12.7 Å². The fourth-order valence-corrected chi connectivity index (χ4v) is 2.70. The summed E-state index contributed by atoms with van der Waals surface area (Å²) in [4.78, 5) is 23.6. The topological polar surface area (TPSA) is 65.7 Å². The molecule has 0 saturated carbocycles. The number of fused-ring (bicyclic) bond motifs is 1. The molecule has 0 aliphatic heterocycles. The summed E-state index contributed by atoms with van der Waals surface area (Å²) in [7, 11) is 1.29. The smallest absolute Gasteiger partial charge is 0.344 e. The third-order valence-corrected chi connectivity index (χ3v) is 4.11. The molecule has 5 nitrogen and oxygen atoms in total. The Morgan fingerprint density at radius 3 is 2.56 bits per heavy atom. The van der Waals surface area contributed by atoms with Gasteiger partial charge in [-0.3, -0.25) is 0 Å². The number of halogens is 1. The lowest BCUT2D eigenvalue weighted by molar-refractivity contribution is -0.142. The van der Waals surface area contributed by atoms with E-state index < -0.39 is 11.6 Å². The van der Waals surface area contributed by atoms with E-state index in [2.05, 4.69) is 4.74 Å². The first-order valence-corrected chi connectivity index (χ1v) is 7.90. The zero-order chi connectivity index (χ0) is 18.0. The molecule has 0 fully saturated rings. The molecule has 0 unspecified atom stereocenters. The average molecular weight is 359 g/mol. The van der Waals surface area contributed by atoms with Crippen LogP contribution < -0.4 is 10.4 Å². The Morgan fingerprint density at radius 1 is 1.16 bits per heavy atom. The third-order valence-electron chi connectivity index (χ3n) is 3.85. The van der Waals surface area contributed by atoms with Crippen molar-refractivity contribution in [2.45, 2.75) is 6.92 Å². The summed E-state index contributed by atoms with van der Waals surface area (Å²) < 4.78 is 15.4.